The van der Waals surface area contributed by atoms with Crippen LogP contribution in [0.15, 0.2) is 60.8 Å². The maximum absolute atomic E-state index is 13.0. The van der Waals surface area contributed by atoms with Gasteiger partial charge in [0.05, 0.1) is 12.2 Å². The molecule has 1 aromatic heterocycles. The lowest BCUT2D eigenvalue weighted by Gasteiger charge is -2.22. The standard InChI is InChI=1S/C30H41N3O4/c1-4-5-15-32-29(35)22(3)17-28(34)26(31)16-21(2)20-37-30(36)25-19-33(18-23-11-7-6-8-12-23)27-14-10-9-13-24(25)27/h6-14,19,21-22,26,28,34H,4-5,15-18,20,31H2,1-3H3,(H,32,35)/p+1/t21-,22+,26-,28?/m0/s1. The van der Waals surface area contributed by atoms with Crippen LogP contribution in [-0.2, 0) is 16.1 Å². The summed E-state index contributed by atoms with van der Waals surface area (Å²) in [6, 6.07) is 17.7. The lowest BCUT2D eigenvalue weighted by Crippen LogP contribution is -2.67. The first kappa shape index (κ1) is 28.4. The molecule has 4 atom stereocenters. The smallest absolute Gasteiger partial charge is 0.340 e. The SMILES string of the molecule is CCCCNC(=O)[C@H](C)CC(O)[C@@H]([NH3+])C[C@H](C)COC(=O)c1cn(Cc2ccccc2)c2ccccc12. The van der Waals surface area contributed by atoms with Gasteiger partial charge in [-0.25, -0.2) is 4.79 Å². The Morgan fingerprint density at radius 3 is 2.49 bits per heavy atom. The highest BCUT2D eigenvalue weighted by molar-refractivity contribution is 6.04. The average Bonchev–Trinajstić information content (AvgIpc) is 3.26. The highest BCUT2D eigenvalue weighted by atomic mass is 16.5. The summed E-state index contributed by atoms with van der Waals surface area (Å²) in [5.74, 6) is -0.647. The van der Waals surface area contributed by atoms with E-state index in [2.05, 4.69) is 34.7 Å². The van der Waals surface area contributed by atoms with Crippen LogP contribution in [0.25, 0.3) is 10.9 Å². The number of fused-ring (bicyclic) bond motifs is 1. The molecule has 3 aromatic rings. The van der Waals surface area contributed by atoms with Crippen molar-refractivity contribution in [3.8, 4) is 0 Å². The van der Waals surface area contributed by atoms with E-state index in [1.54, 1.807) is 0 Å². The Morgan fingerprint density at radius 2 is 1.76 bits per heavy atom. The van der Waals surface area contributed by atoms with E-state index in [1.807, 2.05) is 62.5 Å². The van der Waals surface area contributed by atoms with Crippen molar-refractivity contribution in [1.82, 2.24) is 9.88 Å². The van der Waals surface area contributed by atoms with E-state index in [0.29, 0.717) is 31.5 Å². The average molecular weight is 509 g/mol. The number of carbonyl (C=O) groups excluding carboxylic acids is 2. The molecule has 1 amide bonds. The Morgan fingerprint density at radius 1 is 1.05 bits per heavy atom. The van der Waals surface area contributed by atoms with Gasteiger partial charge < -0.3 is 25.5 Å². The van der Waals surface area contributed by atoms with E-state index < -0.39 is 6.10 Å². The van der Waals surface area contributed by atoms with E-state index >= 15 is 0 Å². The summed E-state index contributed by atoms with van der Waals surface area (Å²) in [6.07, 6.45) is 4.10. The summed E-state index contributed by atoms with van der Waals surface area (Å²) in [5.41, 5.74) is 6.80. The van der Waals surface area contributed by atoms with Crippen molar-refractivity contribution >= 4 is 22.8 Å². The first-order valence-corrected chi connectivity index (χ1v) is 13.4. The Kier molecular flexibility index (Phi) is 10.7. The number of carbonyl (C=O) groups is 2. The Bertz CT molecular complexity index is 1140. The van der Waals surface area contributed by atoms with Gasteiger partial charge in [-0.3, -0.25) is 4.79 Å². The number of benzene rings is 2. The highest BCUT2D eigenvalue weighted by Crippen LogP contribution is 2.24. The second-order valence-electron chi connectivity index (χ2n) is 10.2. The fourth-order valence-electron chi connectivity index (χ4n) is 4.58. The van der Waals surface area contributed by atoms with Crippen LogP contribution >= 0.6 is 0 Å². The first-order chi connectivity index (χ1) is 17.8. The second kappa shape index (κ2) is 14.0. The fourth-order valence-corrected chi connectivity index (χ4v) is 4.58. The van der Waals surface area contributed by atoms with Crippen LogP contribution in [0.1, 0.15) is 62.4 Å². The predicted octanol–water partition coefficient (Wildman–Crippen LogP) is 3.79. The predicted molar refractivity (Wildman–Crippen MR) is 146 cm³/mol. The summed E-state index contributed by atoms with van der Waals surface area (Å²) < 4.78 is 7.77. The minimum Gasteiger partial charge on any atom is -0.462 e. The number of amides is 1. The number of esters is 1. The lowest BCUT2D eigenvalue weighted by molar-refractivity contribution is -0.441. The summed E-state index contributed by atoms with van der Waals surface area (Å²) in [7, 11) is 0. The number of nitrogens with zero attached hydrogens (tertiary/aromatic N) is 1. The van der Waals surface area contributed by atoms with Gasteiger partial charge in [-0.05, 0) is 30.4 Å². The number of hydrogen-bond acceptors (Lipinski definition) is 4. The van der Waals surface area contributed by atoms with Gasteiger partial charge in [-0.2, -0.15) is 0 Å². The first-order valence-electron chi connectivity index (χ1n) is 13.4. The van der Waals surface area contributed by atoms with Crippen LogP contribution in [0.5, 0.6) is 0 Å². The number of unbranched alkanes of at least 4 members (excludes halogenated alkanes) is 1. The molecule has 7 heteroatoms. The fraction of sp³-hybridized carbons (Fsp3) is 0.467. The topological polar surface area (TPSA) is 108 Å². The maximum atomic E-state index is 13.0. The van der Waals surface area contributed by atoms with E-state index in [1.165, 1.54) is 0 Å². The molecule has 5 N–H and O–H groups in total. The van der Waals surface area contributed by atoms with E-state index in [-0.39, 0.29) is 36.4 Å². The molecule has 0 saturated carbocycles. The third-order valence-corrected chi connectivity index (χ3v) is 6.82. The summed E-state index contributed by atoms with van der Waals surface area (Å²) in [4.78, 5) is 25.2. The molecule has 0 radical (unpaired) electrons. The summed E-state index contributed by atoms with van der Waals surface area (Å²) in [5, 5.41) is 14.4. The molecule has 7 nitrogen and oxygen atoms in total. The number of quaternary nitrogens is 1. The lowest BCUT2D eigenvalue weighted by atomic mass is 9.93. The molecule has 0 spiro atoms. The molecular weight excluding hydrogens is 466 g/mol. The van der Waals surface area contributed by atoms with E-state index in [0.717, 1.165) is 29.3 Å². The molecule has 0 aliphatic rings. The normalized spacial score (nSPS) is 14.6. The number of aromatic nitrogens is 1. The molecular formula is C30H42N3O4+. The van der Waals surface area contributed by atoms with Gasteiger partial charge >= 0.3 is 5.97 Å². The number of ether oxygens (including phenoxy) is 1. The number of aliphatic hydroxyl groups is 1. The van der Waals surface area contributed by atoms with Crippen LogP contribution in [0.2, 0.25) is 0 Å². The zero-order chi connectivity index (χ0) is 26.8. The maximum Gasteiger partial charge on any atom is 0.340 e. The van der Waals surface area contributed by atoms with Crippen LogP contribution < -0.4 is 11.1 Å². The number of nitrogens with one attached hydrogen (secondary N) is 1. The van der Waals surface area contributed by atoms with Crippen molar-refractivity contribution in [2.45, 2.75) is 65.1 Å². The van der Waals surface area contributed by atoms with Gasteiger partial charge in [0.1, 0.15) is 12.1 Å². The van der Waals surface area contributed by atoms with E-state index in [9.17, 15) is 14.7 Å². The van der Waals surface area contributed by atoms with Gasteiger partial charge in [0, 0.05) is 42.5 Å². The van der Waals surface area contributed by atoms with Gasteiger partial charge in [-0.15, -0.1) is 0 Å². The largest absolute Gasteiger partial charge is 0.462 e. The molecule has 200 valence electrons. The zero-order valence-electron chi connectivity index (χ0n) is 22.4. The van der Waals surface area contributed by atoms with Gasteiger partial charge in [0.2, 0.25) is 5.91 Å². The van der Waals surface area contributed by atoms with Crippen molar-refractivity contribution in [2.24, 2.45) is 11.8 Å². The molecule has 3 rings (SSSR count). The van der Waals surface area contributed by atoms with Crippen molar-refractivity contribution in [3.05, 3.63) is 71.9 Å². The van der Waals surface area contributed by atoms with Crippen molar-refractivity contribution in [1.29, 1.82) is 0 Å². The van der Waals surface area contributed by atoms with Crippen LogP contribution in [0, 0.1) is 11.8 Å². The van der Waals surface area contributed by atoms with Crippen LogP contribution in [0.3, 0.4) is 0 Å². The van der Waals surface area contributed by atoms with Crippen molar-refractivity contribution in [2.75, 3.05) is 13.2 Å². The number of rotatable bonds is 14. The minimum atomic E-state index is -0.693. The molecule has 0 aliphatic heterocycles. The summed E-state index contributed by atoms with van der Waals surface area (Å²) in [6.45, 7) is 7.46. The Labute approximate surface area is 220 Å². The van der Waals surface area contributed by atoms with E-state index in [4.69, 9.17) is 4.74 Å². The second-order valence-corrected chi connectivity index (χ2v) is 10.2. The minimum absolute atomic E-state index is 0.0208. The van der Waals surface area contributed by atoms with Crippen molar-refractivity contribution < 1.29 is 25.2 Å². The monoisotopic (exact) mass is 508 g/mol. The number of para-hydroxylation sites is 1. The van der Waals surface area contributed by atoms with Gasteiger partial charge in [0.15, 0.2) is 0 Å². The zero-order valence-corrected chi connectivity index (χ0v) is 22.4. The van der Waals surface area contributed by atoms with Crippen molar-refractivity contribution in [3.63, 3.8) is 0 Å². The summed E-state index contributed by atoms with van der Waals surface area (Å²) >= 11 is 0. The molecule has 2 aromatic carbocycles. The molecule has 1 unspecified atom stereocenters. The van der Waals surface area contributed by atoms with Gasteiger partial charge in [-0.1, -0.05) is 75.7 Å². The molecule has 0 aliphatic carbocycles. The third kappa shape index (κ3) is 8.17. The quantitative estimate of drug-likeness (QED) is 0.227. The van der Waals surface area contributed by atoms with Gasteiger partial charge in [0.25, 0.3) is 0 Å². The molecule has 1 heterocycles. The highest BCUT2D eigenvalue weighted by Gasteiger charge is 2.26. The molecule has 0 fully saturated rings. The third-order valence-electron chi connectivity index (χ3n) is 6.82. The number of aliphatic hydroxyl groups excluding tert-OH is 1. The molecule has 0 saturated heterocycles. The van der Waals surface area contributed by atoms with Crippen LogP contribution in [-0.4, -0.2) is 46.8 Å². The molecule has 0 bridgehead atoms. The number of hydrogen-bond donors (Lipinski definition) is 3. The Hall–Kier alpha value is -3.16. The molecule has 37 heavy (non-hydrogen) atoms. The van der Waals surface area contributed by atoms with Crippen LogP contribution in [0.4, 0.5) is 0 Å². The Balaban J connectivity index is 1.53.